The van der Waals surface area contributed by atoms with Crippen molar-refractivity contribution < 1.29 is 0 Å². The fraction of sp³-hybridized carbons (Fsp3) is 1.00. The summed E-state index contributed by atoms with van der Waals surface area (Å²) in [6.45, 7) is 4.56. The lowest BCUT2D eigenvalue weighted by atomic mass is 10.0. The molecule has 0 aliphatic carbocycles. The van der Waals surface area contributed by atoms with E-state index in [2.05, 4.69) is 0 Å². The van der Waals surface area contributed by atoms with E-state index in [1.807, 2.05) is 13.8 Å². The fourth-order valence-electron chi connectivity index (χ4n) is 0.144. The number of hydrogen-bond donors (Lipinski definition) is 2. The maximum Gasteiger partial charge on any atom is 0.0247 e. The van der Waals surface area contributed by atoms with Crippen LogP contribution in [0.4, 0.5) is 0 Å². The van der Waals surface area contributed by atoms with Gasteiger partial charge in [-0.25, -0.2) is 0 Å². The predicted octanol–water partition coefficient (Wildman–Crippen LogP) is 0.0725. The Balaban J connectivity index is 3.36. The van der Waals surface area contributed by atoms with Crippen molar-refractivity contribution in [2.75, 3.05) is 6.54 Å². The zero-order chi connectivity index (χ0) is 5.91. The second-order valence-corrected chi connectivity index (χ2v) is 2.21. The summed E-state index contributed by atoms with van der Waals surface area (Å²) >= 11 is 0. The molecule has 0 aromatic rings. The van der Waals surface area contributed by atoms with E-state index in [9.17, 15) is 0 Å². The summed E-state index contributed by atoms with van der Waals surface area (Å²) in [6, 6.07) is 0. The predicted molar refractivity (Wildman–Crippen MR) is 31.9 cm³/mol. The summed E-state index contributed by atoms with van der Waals surface area (Å²) in [5.74, 6) is 0. The Morgan fingerprint density at radius 3 is 2.00 bits per heavy atom. The largest absolute Gasteiger partial charge is 0.329 e. The van der Waals surface area contributed by atoms with E-state index >= 15 is 0 Å². The van der Waals surface area contributed by atoms with Crippen LogP contribution in [0, 0.1) is 0 Å². The molecule has 0 spiro atoms. The van der Waals surface area contributed by atoms with Crippen LogP contribution in [0.2, 0.25) is 0 Å². The van der Waals surface area contributed by atoms with Crippen molar-refractivity contribution in [2.24, 2.45) is 11.5 Å². The van der Waals surface area contributed by atoms with Gasteiger partial charge in [0.2, 0.25) is 0 Å². The van der Waals surface area contributed by atoms with Crippen LogP contribution in [-0.4, -0.2) is 12.1 Å². The van der Waals surface area contributed by atoms with E-state index in [1.165, 1.54) is 0 Å². The van der Waals surface area contributed by atoms with Gasteiger partial charge in [-0.15, -0.1) is 0 Å². The third kappa shape index (κ3) is 2.60. The number of nitrogens with two attached hydrogens (primary N) is 2. The van der Waals surface area contributed by atoms with Gasteiger partial charge in [0.25, 0.3) is 0 Å². The highest BCUT2D eigenvalue weighted by molar-refractivity contribution is 4.76. The molecule has 0 bridgehead atoms. The van der Waals surface area contributed by atoms with Gasteiger partial charge in [0.1, 0.15) is 0 Å². The van der Waals surface area contributed by atoms with Gasteiger partial charge in [-0.2, -0.15) is 0 Å². The minimum atomic E-state index is -0.139. The van der Waals surface area contributed by atoms with Gasteiger partial charge >= 0.3 is 0 Å². The average Bonchev–Trinajstić information content (AvgIpc) is 1.68. The summed E-state index contributed by atoms with van der Waals surface area (Å²) in [4.78, 5) is 0. The topological polar surface area (TPSA) is 52.0 Å². The zero-order valence-electron chi connectivity index (χ0n) is 5.07. The van der Waals surface area contributed by atoms with Crippen LogP contribution in [0.1, 0.15) is 20.3 Å². The first-order valence-electron chi connectivity index (χ1n) is 2.61. The Morgan fingerprint density at radius 1 is 1.57 bits per heavy atom. The molecule has 44 valence electrons. The Morgan fingerprint density at radius 2 is 2.00 bits per heavy atom. The van der Waals surface area contributed by atoms with Crippen molar-refractivity contribution >= 4 is 0 Å². The molecule has 0 aliphatic rings. The lowest BCUT2D eigenvalue weighted by molar-refractivity contribution is 0.464. The summed E-state index contributed by atoms with van der Waals surface area (Å²) < 4.78 is 0. The van der Waals surface area contributed by atoms with Crippen LogP contribution in [0.5, 0.6) is 0 Å². The highest BCUT2D eigenvalue weighted by atomic mass is 14.8. The van der Waals surface area contributed by atoms with E-state index in [0.717, 1.165) is 6.42 Å². The van der Waals surface area contributed by atoms with Crippen LogP contribution in [0.15, 0.2) is 0 Å². The molecular formula is C5H14N2. The zero-order valence-corrected chi connectivity index (χ0v) is 5.07. The molecule has 0 heterocycles. The first-order valence-corrected chi connectivity index (χ1v) is 2.61. The summed E-state index contributed by atoms with van der Waals surface area (Å²) in [7, 11) is 0. The lowest BCUT2D eigenvalue weighted by Crippen LogP contribution is -2.42. The quantitative estimate of drug-likeness (QED) is 0.518. The van der Waals surface area contributed by atoms with Gasteiger partial charge in [-0.3, -0.25) is 0 Å². The number of hydrogen-bond acceptors (Lipinski definition) is 2. The molecule has 0 aromatic carbocycles. The Bertz CT molecular complexity index is 44.0. The van der Waals surface area contributed by atoms with E-state index in [0.29, 0.717) is 6.54 Å². The van der Waals surface area contributed by atoms with Gasteiger partial charge in [-0.05, 0) is 13.3 Å². The van der Waals surface area contributed by atoms with Gasteiger partial charge in [0.15, 0.2) is 0 Å². The minimum absolute atomic E-state index is 0.139. The second kappa shape index (κ2) is 2.28. The highest BCUT2D eigenvalue weighted by Gasteiger charge is 2.10. The van der Waals surface area contributed by atoms with Crippen molar-refractivity contribution in [3.63, 3.8) is 0 Å². The monoisotopic (exact) mass is 102 g/mol. The molecular weight excluding hydrogens is 88.1 g/mol. The van der Waals surface area contributed by atoms with Crippen molar-refractivity contribution in [2.45, 2.75) is 25.8 Å². The van der Waals surface area contributed by atoms with Gasteiger partial charge in [0, 0.05) is 12.1 Å². The summed E-state index contributed by atoms with van der Waals surface area (Å²) in [5, 5.41) is 0. The molecule has 0 aromatic heterocycles. The Hall–Kier alpha value is -0.0800. The SMILES string of the molecule is CC[C@@](C)(N)CN. The molecule has 0 amide bonds. The van der Waals surface area contributed by atoms with E-state index < -0.39 is 0 Å². The molecule has 0 radical (unpaired) electrons. The smallest absolute Gasteiger partial charge is 0.0247 e. The molecule has 0 saturated carbocycles. The van der Waals surface area contributed by atoms with Gasteiger partial charge in [0.05, 0.1) is 0 Å². The van der Waals surface area contributed by atoms with Gasteiger partial charge in [-0.1, -0.05) is 6.92 Å². The third-order valence-corrected chi connectivity index (χ3v) is 1.27. The Kier molecular flexibility index (Phi) is 2.26. The van der Waals surface area contributed by atoms with E-state index in [1.54, 1.807) is 0 Å². The first kappa shape index (κ1) is 6.92. The van der Waals surface area contributed by atoms with Crippen LogP contribution in [-0.2, 0) is 0 Å². The molecule has 7 heavy (non-hydrogen) atoms. The summed E-state index contributed by atoms with van der Waals surface area (Å²) in [6.07, 6.45) is 0.948. The molecule has 0 fully saturated rings. The summed E-state index contributed by atoms with van der Waals surface area (Å²) in [5.41, 5.74) is 10.7. The van der Waals surface area contributed by atoms with Gasteiger partial charge < -0.3 is 11.5 Å². The van der Waals surface area contributed by atoms with Crippen molar-refractivity contribution in [3.8, 4) is 0 Å². The van der Waals surface area contributed by atoms with Crippen LogP contribution >= 0.6 is 0 Å². The van der Waals surface area contributed by atoms with Crippen LogP contribution < -0.4 is 11.5 Å². The molecule has 0 unspecified atom stereocenters. The standard InChI is InChI=1S/C5H14N2/c1-3-5(2,7)4-6/h3-4,6-7H2,1-2H3/t5-/m1/s1. The Labute approximate surface area is 44.9 Å². The van der Waals surface area contributed by atoms with E-state index in [-0.39, 0.29) is 5.54 Å². The maximum absolute atomic E-state index is 5.59. The van der Waals surface area contributed by atoms with Crippen molar-refractivity contribution in [3.05, 3.63) is 0 Å². The molecule has 2 nitrogen and oxygen atoms in total. The lowest BCUT2D eigenvalue weighted by Gasteiger charge is -2.18. The maximum atomic E-state index is 5.59. The van der Waals surface area contributed by atoms with Crippen molar-refractivity contribution in [1.82, 2.24) is 0 Å². The van der Waals surface area contributed by atoms with Crippen LogP contribution in [0.25, 0.3) is 0 Å². The first-order chi connectivity index (χ1) is 3.12. The molecule has 2 heteroatoms. The third-order valence-electron chi connectivity index (χ3n) is 1.27. The molecule has 0 saturated heterocycles. The normalized spacial score (nSPS) is 18.9. The van der Waals surface area contributed by atoms with Crippen LogP contribution in [0.3, 0.4) is 0 Å². The van der Waals surface area contributed by atoms with E-state index in [4.69, 9.17) is 11.5 Å². The second-order valence-electron chi connectivity index (χ2n) is 2.21. The molecule has 1 atom stereocenters. The molecule has 4 N–H and O–H groups in total. The number of rotatable bonds is 2. The molecule has 0 aliphatic heterocycles. The molecule has 0 rings (SSSR count). The fourth-order valence-corrected chi connectivity index (χ4v) is 0.144. The highest BCUT2D eigenvalue weighted by Crippen LogP contribution is 1.99. The average molecular weight is 102 g/mol. The van der Waals surface area contributed by atoms with Crippen molar-refractivity contribution in [1.29, 1.82) is 0 Å². The minimum Gasteiger partial charge on any atom is -0.329 e.